The number of aryl methyl sites for hydroxylation is 2. The first-order valence-corrected chi connectivity index (χ1v) is 12.9. The zero-order valence-corrected chi connectivity index (χ0v) is 20.5. The van der Waals surface area contributed by atoms with Gasteiger partial charge in [-0.05, 0) is 0 Å². The molecule has 1 saturated carbocycles. The molecule has 5 atom stereocenters. The van der Waals surface area contributed by atoms with Crippen LogP contribution in [-0.2, 0) is 11.2 Å². The minimum absolute atomic E-state index is 0.0769. The molecule has 0 bridgehead atoms. The van der Waals surface area contributed by atoms with Crippen LogP contribution in [0.5, 0.6) is 0 Å². The molecule has 0 aliphatic heterocycles. The molecule has 1 heterocycles. The van der Waals surface area contributed by atoms with E-state index in [1.165, 1.54) is 21.5 Å². The quantitative estimate of drug-likeness (QED) is 0.226. The summed E-state index contributed by atoms with van der Waals surface area (Å²) in [5, 5.41) is 29.6. The van der Waals surface area contributed by atoms with Crippen molar-refractivity contribution in [2.45, 2.75) is 44.8 Å². The molecular formula is C22H30BBrO4S2. The third kappa shape index (κ3) is 8.11. The van der Waals surface area contributed by atoms with E-state index in [1.807, 2.05) is 24.2 Å². The van der Waals surface area contributed by atoms with Crippen LogP contribution in [-0.4, -0.2) is 58.5 Å². The fraction of sp³-hybridized carbons (Fsp3) is 0.545. The third-order valence-corrected chi connectivity index (χ3v) is 8.54. The summed E-state index contributed by atoms with van der Waals surface area (Å²) in [5.74, 6) is 2.26. The summed E-state index contributed by atoms with van der Waals surface area (Å²) in [4.78, 5) is 13.1. The second kappa shape index (κ2) is 13.0. The zero-order chi connectivity index (χ0) is 22.1. The molecule has 4 nitrogen and oxygen atoms in total. The molecule has 1 aromatic heterocycles. The SMILES string of the molecule is B=C[C@@H]1CC(O)[C@H](C/C=C\CSCC(=O)O)[C@H]1/C=C/[C@@H](O)CCc1cc(Br)c(C)s1. The normalized spacial score (nSPS) is 25.3. The van der Waals surface area contributed by atoms with Gasteiger partial charge in [0.2, 0.25) is 0 Å². The number of halogens is 1. The van der Waals surface area contributed by atoms with Crippen molar-refractivity contribution in [3.05, 3.63) is 44.6 Å². The average molecular weight is 513 g/mol. The number of carboxylic acids is 1. The van der Waals surface area contributed by atoms with Gasteiger partial charge in [-0.1, -0.05) is 0 Å². The monoisotopic (exact) mass is 512 g/mol. The molecule has 0 amide bonds. The second-order valence-electron chi connectivity index (χ2n) is 7.67. The van der Waals surface area contributed by atoms with Gasteiger partial charge in [-0.25, -0.2) is 0 Å². The van der Waals surface area contributed by atoms with Gasteiger partial charge >= 0.3 is 197 Å². The minimum atomic E-state index is -0.806. The van der Waals surface area contributed by atoms with Crippen LogP contribution >= 0.6 is 39.0 Å². The molecular weight excluding hydrogens is 483 g/mol. The van der Waals surface area contributed by atoms with Crippen LogP contribution in [0, 0.1) is 24.7 Å². The van der Waals surface area contributed by atoms with E-state index < -0.39 is 18.2 Å². The first kappa shape index (κ1) is 25.6. The Morgan fingerprint density at radius 3 is 2.87 bits per heavy atom. The Kier molecular flexibility index (Phi) is 11.1. The Morgan fingerprint density at radius 2 is 2.23 bits per heavy atom. The van der Waals surface area contributed by atoms with Crippen molar-refractivity contribution < 1.29 is 20.1 Å². The van der Waals surface area contributed by atoms with E-state index >= 15 is 0 Å². The van der Waals surface area contributed by atoms with E-state index in [2.05, 4.69) is 42.5 Å². The van der Waals surface area contributed by atoms with E-state index in [1.54, 1.807) is 11.3 Å². The van der Waals surface area contributed by atoms with Crippen molar-refractivity contribution in [3.8, 4) is 0 Å². The molecule has 30 heavy (non-hydrogen) atoms. The first-order chi connectivity index (χ1) is 14.3. The van der Waals surface area contributed by atoms with Gasteiger partial charge in [0.25, 0.3) is 0 Å². The number of carboxylic acid groups (broad SMARTS) is 1. The number of thiophene rings is 1. The van der Waals surface area contributed by atoms with Gasteiger partial charge in [0.15, 0.2) is 0 Å². The summed E-state index contributed by atoms with van der Waals surface area (Å²) in [6.07, 6.45) is 9.93. The summed E-state index contributed by atoms with van der Waals surface area (Å²) >= 11 is 6.64. The third-order valence-electron chi connectivity index (χ3n) is 5.46. The van der Waals surface area contributed by atoms with Crippen LogP contribution in [0.15, 0.2) is 34.8 Å². The number of hydrogen-bond donors (Lipinski definition) is 3. The molecule has 0 radical (unpaired) electrons. The standard InChI is InChI=1S/C22H30BBrO4S2/c1-14-20(24)11-17(30-14)7-5-16(25)6-8-18-15(12-23)10-21(26)19(18)4-2-3-9-29-13-22(27)28/h2-3,6,8,11-12,15-16,18-19,21,23,25-26H,4-5,7,9-10,13H2,1H3,(H,27,28)/b3-2-,8-6+/t15-,16-,18-,19+,21?/m0/s1. The van der Waals surface area contributed by atoms with Gasteiger partial charge in [-0.3, -0.25) is 0 Å². The predicted molar refractivity (Wildman–Crippen MR) is 133 cm³/mol. The Labute approximate surface area is 196 Å². The molecule has 1 unspecified atom stereocenters. The Bertz CT molecular complexity index is 745. The van der Waals surface area contributed by atoms with Crippen LogP contribution in [0.25, 0.3) is 0 Å². The molecule has 1 fully saturated rings. The number of thioether (sulfide) groups is 1. The molecule has 0 aromatic carbocycles. The average Bonchev–Trinajstić information content (AvgIpc) is 3.19. The van der Waals surface area contributed by atoms with Crippen molar-refractivity contribution in [2.24, 2.45) is 17.8 Å². The molecule has 2 rings (SSSR count). The van der Waals surface area contributed by atoms with Crippen molar-refractivity contribution in [1.82, 2.24) is 0 Å². The maximum atomic E-state index is 10.5. The number of aliphatic hydroxyl groups excluding tert-OH is 2. The summed E-state index contributed by atoms with van der Waals surface area (Å²) in [7, 11) is 3.93. The van der Waals surface area contributed by atoms with Gasteiger partial charge < -0.3 is 0 Å². The number of aliphatic carboxylic acids is 1. The summed E-state index contributed by atoms with van der Waals surface area (Å²) < 4.78 is 1.12. The summed E-state index contributed by atoms with van der Waals surface area (Å²) in [5.41, 5.74) is 0. The van der Waals surface area contributed by atoms with E-state index in [-0.39, 0.29) is 23.5 Å². The molecule has 0 spiro atoms. The van der Waals surface area contributed by atoms with Crippen molar-refractivity contribution in [1.29, 1.82) is 0 Å². The van der Waals surface area contributed by atoms with Crippen LogP contribution < -0.4 is 0 Å². The van der Waals surface area contributed by atoms with Crippen LogP contribution in [0.2, 0.25) is 0 Å². The van der Waals surface area contributed by atoms with Gasteiger partial charge in [0.05, 0.1) is 0 Å². The maximum absolute atomic E-state index is 10.5. The molecule has 1 aliphatic rings. The van der Waals surface area contributed by atoms with E-state index in [9.17, 15) is 15.0 Å². The predicted octanol–water partition coefficient (Wildman–Crippen LogP) is 3.75. The molecule has 3 N–H and O–H groups in total. The van der Waals surface area contributed by atoms with E-state index in [0.717, 1.165) is 17.3 Å². The van der Waals surface area contributed by atoms with Crippen LogP contribution in [0.4, 0.5) is 0 Å². The Hall–Kier alpha value is -0.665. The zero-order valence-electron chi connectivity index (χ0n) is 17.2. The molecule has 8 heteroatoms. The number of rotatable bonds is 12. The number of aliphatic hydroxyl groups is 2. The number of allylic oxidation sites excluding steroid dienone is 2. The van der Waals surface area contributed by atoms with Crippen molar-refractivity contribution in [3.63, 3.8) is 0 Å². The topological polar surface area (TPSA) is 77.8 Å². The fourth-order valence-corrected chi connectivity index (χ4v) is 6.04. The van der Waals surface area contributed by atoms with E-state index in [4.69, 9.17) is 5.11 Å². The summed E-state index contributed by atoms with van der Waals surface area (Å²) in [6.45, 7) is 2.08. The molecule has 1 aliphatic carbocycles. The molecule has 1 aromatic rings. The fourth-order valence-electron chi connectivity index (χ4n) is 3.86. The van der Waals surface area contributed by atoms with E-state index in [0.29, 0.717) is 18.6 Å². The van der Waals surface area contributed by atoms with Crippen LogP contribution in [0.1, 0.15) is 29.0 Å². The summed E-state index contributed by atoms with van der Waals surface area (Å²) in [6, 6.07) is 2.12. The van der Waals surface area contributed by atoms with Crippen LogP contribution in [0.3, 0.4) is 0 Å². The van der Waals surface area contributed by atoms with Gasteiger partial charge in [0, 0.05) is 0 Å². The number of carbonyl (C=O) groups is 1. The molecule has 0 saturated heterocycles. The van der Waals surface area contributed by atoms with Crippen molar-refractivity contribution >= 4 is 58.5 Å². The Balaban J connectivity index is 1.89. The van der Waals surface area contributed by atoms with Crippen molar-refractivity contribution in [2.75, 3.05) is 11.5 Å². The number of hydrogen-bond acceptors (Lipinski definition) is 5. The first-order valence-electron chi connectivity index (χ1n) is 10.2. The molecule has 164 valence electrons. The van der Waals surface area contributed by atoms with Gasteiger partial charge in [0.1, 0.15) is 0 Å². The van der Waals surface area contributed by atoms with Gasteiger partial charge in [-0.15, -0.1) is 0 Å². The second-order valence-corrected chi connectivity index (χ2v) is 10.9. The van der Waals surface area contributed by atoms with Gasteiger partial charge in [-0.2, -0.15) is 0 Å². The Morgan fingerprint density at radius 1 is 1.47 bits per heavy atom.